The summed E-state index contributed by atoms with van der Waals surface area (Å²) in [5.74, 6) is -0.375. The third-order valence-corrected chi connectivity index (χ3v) is 1.97. The van der Waals surface area contributed by atoms with Crippen LogP contribution in [0.1, 0.15) is 0 Å². The van der Waals surface area contributed by atoms with Crippen LogP contribution in [-0.4, -0.2) is 9.78 Å². The van der Waals surface area contributed by atoms with Crippen LogP contribution in [0.5, 0.6) is 0 Å². The van der Waals surface area contributed by atoms with Crippen molar-refractivity contribution in [1.82, 2.24) is 9.78 Å². The van der Waals surface area contributed by atoms with Crippen LogP contribution < -0.4 is 0 Å². The summed E-state index contributed by atoms with van der Waals surface area (Å²) < 4.78 is 14.0. The summed E-state index contributed by atoms with van der Waals surface area (Å²) in [5.41, 5.74) is 0.674. The van der Waals surface area contributed by atoms with Crippen molar-refractivity contribution in [3.8, 4) is 5.69 Å². The summed E-state index contributed by atoms with van der Waals surface area (Å²) >= 11 is 5.88. The van der Waals surface area contributed by atoms with Crippen LogP contribution in [0.15, 0.2) is 36.7 Å². The molecule has 0 saturated carbocycles. The SMILES string of the molecule is Fc1cnn(-c2ccccc2Cl)c1. The largest absolute Gasteiger partial charge is 0.236 e. The minimum absolute atomic E-state index is 0.375. The number of rotatable bonds is 1. The second-order valence-corrected chi connectivity index (χ2v) is 2.96. The molecule has 2 aromatic rings. The fourth-order valence-corrected chi connectivity index (χ4v) is 1.29. The van der Waals surface area contributed by atoms with Crippen LogP contribution in [-0.2, 0) is 0 Å². The summed E-state index contributed by atoms with van der Waals surface area (Å²) in [4.78, 5) is 0. The van der Waals surface area contributed by atoms with Gasteiger partial charge in [0.1, 0.15) is 0 Å². The van der Waals surface area contributed by atoms with Crippen LogP contribution in [0.4, 0.5) is 4.39 Å². The van der Waals surface area contributed by atoms with E-state index in [9.17, 15) is 4.39 Å². The molecule has 4 heteroatoms. The Morgan fingerprint density at radius 1 is 1.31 bits per heavy atom. The van der Waals surface area contributed by atoms with E-state index in [1.54, 1.807) is 12.1 Å². The van der Waals surface area contributed by atoms with E-state index in [0.29, 0.717) is 10.7 Å². The van der Waals surface area contributed by atoms with Crippen LogP contribution in [0.2, 0.25) is 5.02 Å². The Balaban J connectivity index is 2.52. The highest BCUT2D eigenvalue weighted by Crippen LogP contribution is 2.18. The molecule has 2 nitrogen and oxygen atoms in total. The fraction of sp³-hybridized carbons (Fsp3) is 0. The monoisotopic (exact) mass is 196 g/mol. The summed E-state index contributed by atoms with van der Waals surface area (Å²) in [6, 6.07) is 7.14. The summed E-state index contributed by atoms with van der Waals surface area (Å²) in [6.45, 7) is 0. The first-order valence-electron chi connectivity index (χ1n) is 3.72. The lowest BCUT2D eigenvalue weighted by Crippen LogP contribution is -1.94. The maximum atomic E-state index is 12.6. The molecule has 13 heavy (non-hydrogen) atoms. The number of nitrogens with zero attached hydrogens (tertiary/aromatic N) is 2. The van der Waals surface area contributed by atoms with Crippen molar-refractivity contribution in [3.63, 3.8) is 0 Å². The van der Waals surface area contributed by atoms with Crippen molar-refractivity contribution < 1.29 is 4.39 Å². The molecular formula is C9H6ClFN2. The molecule has 1 aromatic carbocycles. The molecule has 66 valence electrons. The topological polar surface area (TPSA) is 17.8 Å². The van der Waals surface area contributed by atoms with Crippen LogP contribution in [0, 0.1) is 5.82 Å². The van der Waals surface area contributed by atoms with Gasteiger partial charge in [-0.2, -0.15) is 5.10 Å². The molecule has 0 radical (unpaired) electrons. The summed E-state index contributed by atoms with van der Waals surface area (Å²) in [5, 5.41) is 4.35. The van der Waals surface area contributed by atoms with Gasteiger partial charge in [0, 0.05) is 0 Å². The third-order valence-electron chi connectivity index (χ3n) is 1.65. The predicted octanol–water partition coefficient (Wildman–Crippen LogP) is 2.66. The minimum atomic E-state index is -0.375. The first-order valence-corrected chi connectivity index (χ1v) is 4.10. The molecule has 0 aliphatic rings. The lowest BCUT2D eigenvalue weighted by molar-refractivity contribution is 0.627. The van der Waals surface area contributed by atoms with Crippen molar-refractivity contribution >= 4 is 11.6 Å². The van der Waals surface area contributed by atoms with Crippen molar-refractivity contribution in [3.05, 3.63) is 47.5 Å². The molecule has 0 bridgehead atoms. The van der Waals surface area contributed by atoms with Crippen molar-refractivity contribution in [2.24, 2.45) is 0 Å². The van der Waals surface area contributed by atoms with Crippen LogP contribution in [0.3, 0.4) is 0 Å². The van der Waals surface area contributed by atoms with Gasteiger partial charge in [-0.15, -0.1) is 0 Å². The molecule has 0 aliphatic carbocycles. The Kier molecular flexibility index (Phi) is 2.02. The highest BCUT2D eigenvalue weighted by atomic mass is 35.5. The standard InChI is InChI=1S/C9H6ClFN2/c10-8-3-1-2-4-9(8)13-6-7(11)5-12-13/h1-6H. The van der Waals surface area contributed by atoms with Gasteiger partial charge in [-0.3, -0.25) is 0 Å². The van der Waals surface area contributed by atoms with Gasteiger partial charge in [-0.1, -0.05) is 23.7 Å². The quantitative estimate of drug-likeness (QED) is 0.686. The highest BCUT2D eigenvalue weighted by Gasteiger charge is 2.02. The number of aromatic nitrogens is 2. The van der Waals surface area contributed by atoms with Gasteiger partial charge in [0.25, 0.3) is 0 Å². The molecule has 1 heterocycles. The normalized spacial score (nSPS) is 10.3. The molecule has 0 amide bonds. The molecule has 0 unspecified atom stereocenters. The van der Waals surface area contributed by atoms with Gasteiger partial charge in [0.05, 0.1) is 23.1 Å². The fourth-order valence-electron chi connectivity index (χ4n) is 1.07. The van der Waals surface area contributed by atoms with E-state index < -0.39 is 0 Å². The maximum absolute atomic E-state index is 12.6. The Hall–Kier alpha value is -1.35. The first kappa shape index (κ1) is 8.26. The zero-order chi connectivity index (χ0) is 9.26. The molecule has 0 fully saturated rings. The molecular weight excluding hydrogens is 191 g/mol. The Morgan fingerprint density at radius 2 is 2.08 bits per heavy atom. The second kappa shape index (κ2) is 3.18. The second-order valence-electron chi connectivity index (χ2n) is 2.55. The van der Waals surface area contributed by atoms with Crippen molar-refractivity contribution in [2.45, 2.75) is 0 Å². The molecule has 2 rings (SSSR count). The van der Waals surface area contributed by atoms with Crippen LogP contribution >= 0.6 is 11.6 Å². The van der Waals surface area contributed by atoms with E-state index in [1.165, 1.54) is 10.9 Å². The van der Waals surface area contributed by atoms with Gasteiger partial charge in [-0.05, 0) is 12.1 Å². The number of benzene rings is 1. The van der Waals surface area contributed by atoms with E-state index in [0.717, 1.165) is 6.20 Å². The average Bonchev–Trinajstić information content (AvgIpc) is 2.53. The van der Waals surface area contributed by atoms with Crippen molar-refractivity contribution in [2.75, 3.05) is 0 Å². The Morgan fingerprint density at radius 3 is 2.69 bits per heavy atom. The molecule has 0 aliphatic heterocycles. The van der Waals surface area contributed by atoms with E-state index in [4.69, 9.17) is 11.6 Å². The number of hydrogen-bond donors (Lipinski definition) is 0. The Bertz CT molecular complexity index is 425. The molecule has 0 spiro atoms. The maximum Gasteiger partial charge on any atom is 0.161 e. The molecule has 0 atom stereocenters. The van der Waals surface area contributed by atoms with Gasteiger partial charge < -0.3 is 0 Å². The van der Waals surface area contributed by atoms with Crippen molar-refractivity contribution in [1.29, 1.82) is 0 Å². The van der Waals surface area contributed by atoms with Crippen LogP contribution in [0.25, 0.3) is 5.69 Å². The Labute approximate surface area is 79.6 Å². The number of halogens is 2. The van der Waals surface area contributed by atoms with Gasteiger partial charge >= 0.3 is 0 Å². The summed E-state index contributed by atoms with van der Waals surface area (Å²) in [7, 11) is 0. The van der Waals surface area contributed by atoms with E-state index in [1.807, 2.05) is 12.1 Å². The molecule has 1 aromatic heterocycles. The lowest BCUT2D eigenvalue weighted by atomic mass is 10.3. The highest BCUT2D eigenvalue weighted by molar-refractivity contribution is 6.32. The van der Waals surface area contributed by atoms with E-state index >= 15 is 0 Å². The van der Waals surface area contributed by atoms with Gasteiger partial charge in [-0.25, -0.2) is 9.07 Å². The third kappa shape index (κ3) is 1.55. The van der Waals surface area contributed by atoms with E-state index in [2.05, 4.69) is 5.10 Å². The minimum Gasteiger partial charge on any atom is -0.236 e. The first-order chi connectivity index (χ1) is 6.27. The molecule has 0 saturated heterocycles. The lowest BCUT2D eigenvalue weighted by Gasteiger charge is -2.01. The van der Waals surface area contributed by atoms with Gasteiger partial charge in [0.2, 0.25) is 0 Å². The molecule has 0 N–H and O–H groups in total. The van der Waals surface area contributed by atoms with Gasteiger partial charge in [0.15, 0.2) is 5.82 Å². The predicted molar refractivity (Wildman–Crippen MR) is 48.5 cm³/mol. The summed E-state index contributed by atoms with van der Waals surface area (Å²) in [6.07, 6.45) is 2.42. The number of hydrogen-bond acceptors (Lipinski definition) is 1. The zero-order valence-electron chi connectivity index (χ0n) is 6.61. The zero-order valence-corrected chi connectivity index (χ0v) is 7.37. The average molecular weight is 197 g/mol. The number of para-hydroxylation sites is 1. The smallest absolute Gasteiger partial charge is 0.161 e. The van der Waals surface area contributed by atoms with E-state index in [-0.39, 0.29) is 5.82 Å².